The van der Waals surface area contributed by atoms with Crippen LogP contribution in [0.5, 0.6) is 0 Å². The van der Waals surface area contributed by atoms with Crippen LogP contribution in [-0.2, 0) is 24.2 Å². The number of rotatable bonds is 1. The lowest BCUT2D eigenvalue weighted by atomic mass is 9.91. The molecular formula is C17H17N3O. The number of aromatic nitrogens is 1. The minimum atomic E-state index is 0.0572. The molecule has 0 saturated heterocycles. The first-order valence-electron chi connectivity index (χ1n) is 7.42. The summed E-state index contributed by atoms with van der Waals surface area (Å²) in [7, 11) is 0. The van der Waals surface area contributed by atoms with Gasteiger partial charge in [0.2, 0.25) is 5.91 Å². The molecule has 0 unspecified atom stereocenters. The van der Waals surface area contributed by atoms with E-state index in [4.69, 9.17) is 0 Å². The number of anilines is 1. The monoisotopic (exact) mass is 279 g/mol. The van der Waals surface area contributed by atoms with Gasteiger partial charge in [0.15, 0.2) is 0 Å². The van der Waals surface area contributed by atoms with Gasteiger partial charge in [-0.15, -0.1) is 0 Å². The second kappa shape index (κ2) is 4.97. The second-order valence-electron chi connectivity index (χ2n) is 5.64. The number of hydrogen-bond acceptors (Lipinski definition) is 3. The zero-order chi connectivity index (χ0) is 14.2. The fraction of sp³-hybridized carbons (Fsp3) is 0.294. The minimum Gasteiger partial charge on any atom is -0.312 e. The molecule has 4 rings (SSSR count). The van der Waals surface area contributed by atoms with E-state index in [9.17, 15) is 4.79 Å². The molecule has 2 aliphatic rings. The highest BCUT2D eigenvalue weighted by molar-refractivity contribution is 5.94. The molecule has 0 saturated carbocycles. The lowest BCUT2D eigenvalue weighted by Crippen LogP contribution is -2.23. The molecule has 4 nitrogen and oxygen atoms in total. The van der Waals surface area contributed by atoms with E-state index >= 15 is 0 Å². The van der Waals surface area contributed by atoms with Crippen molar-refractivity contribution in [1.29, 1.82) is 0 Å². The van der Waals surface area contributed by atoms with E-state index in [0.717, 1.165) is 37.3 Å². The number of hydrogen-bond donors (Lipinski definition) is 2. The maximum Gasteiger partial charge on any atom is 0.225 e. The molecule has 3 heterocycles. The number of nitrogens with zero attached hydrogens (tertiary/aromatic N) is 1. The van der Waals surface area contributed by atoms with Gasteiger partial charge < -0.3 is 10.6 Å². The van der Waals surface area contributed by atoms with Crippen LogP contribution in [-0.4, -0.2) is 17.4 Å². The zero-order valence-electron chi connectivity index (χ0n) is 11.8. The second-order valence-corrected chi connectivity index (χ2v) is 5.64. The Morgan fingerprint density at radius 3 is 2.95 bits per heavy atom. The molecule has 0 aliphatic carbocycles. The maximum absolute atomic E-state index is 11.5. The molecule has 106 valence electrons. The predicted octanol–water partition coefficient (Wildman–Crippen LogP) is 2.28. The molecule has 0 bridgehead atoms. The first-order valence-corrected chi connectivity index (χ1v) is 7.42. The minimum absolute atomic E-state index is 0.0572. The topological polar surface area (TPSA) is 54.0 Å². The Bertz CT molecular complexity index is 724. The first kappa shape index (κ1) is 12.5. The molecule has 2 aromatic rings. The molecule has 4 heteroatoms. The van der Waals surface area contributed by atoms with Gasteiger partial charge in [0, 0.05) is 24.7 Å². The summed E-state index contributed by atoms with van der Waals surface area (Å²) >= 11 is 0. The smallest absolute Gasteiger partial charge is 0.225 e. The fourth-order valence-electron chi connectivity index (χ4n) is 3.20. The normalized spacial score (nSPS) is 16.9. The Labute approximate surface area is 123 Å². The van der Waals surface area contributed by atoms with Crippen LogP contribution >= 0.6 is 0 Å². The molecule has 1 aromatic carbocycles. The quantitative estimate of drug-likeness (QED) is 0.842. The number of nitrogens with one attached hydrogen (secondary N) is 2. The van der Waals surface area contributed by atoms with Gasteiger partial charge in [-0.2, -0.15) is 0 Å². The highest BCUT2D eigenvalue weighted by Crippen LogP contribution is 2.32. The molecule has 0 radical (unpaired) electrons. The van der Waals surface area contributed by atoms with E-state index in [1.54, 1.807) is 6.20 Å². The number of carbonyl (C=O) groups is 1. The Hall–Kier alpha value is -2.20. The largest absolute Gasteiger partial charge is 0.312 e. The molecule has 0 atom stereocenters. The average Bonchev–Trinajstić information content (AvgIpc) is 2.53. The van der Waals surface area contributed by atoms with Gasteiger partial charge in [0.25, 0.3) is 0 Å². The van der Waals surface area contributed by atoms with Gasteiger partial charge in [-0.05, 0) is 53.8 Å². The lowest BCUT2D eigenvalue weighted by Gasteiger charge is -2.21. The molecule has 2 N–H and O–H groups in total. The molecule has 21 heavy (non-hydrogen) atoms. The summed E-state index contributed by atoms with van der Waals surface area (Å²) in [6, 6.07) is 8.75. The van der Waals surface area contributed by atoms with Crippen LogP contribution in [0.4, 0.5) is 5.82 Å². The molecular weight excluding hydrogens is 262 g/mol. The molecule has 1 aromatic heterocycles. The van der Waals surface area contributed by atoms with Crippen LogP contribution in [0.2, 0.25) is 0 Å². The molecule has 0 spiro atoms. The molecule has 2 aliphatic heterocycles. The summed E-state index contributed by atoms with van der Waals surface area (Å²) < 4.78 is 0. The zero-order valence-corrected chi connectivity index (χ0v) is 11.8. The van der Waals surface area contributed by atoms with Gasteiger partial charge >= 0.3 is 0 Å². The fourth-order valence-corrected chi connectivity index (χ4v) is 3.20. The van der Waals surface area contributed by atoms with E-state index in [1.165, 1.54) is 22.3 Å². The van der Waals surface area contributed by atoms with Crippen molar-refractivity contribution in [3.63, 3.8) is 0 Å². The first-order chi connectivity index (χ1) is 10.3. The number of pyridine rings is 1. The predicted molar refractivity (Wildman–Crippen MR) is 82.0 cm³/mol. The summed E-state index contributed by atoms with van der Waals surface area (Å²) in [5.74, 6) is 0.779. The van der Waals surface area contributed by atoms with E-state index < -0.39 is 0 Å². The van der Waals surface area contributed by atoms with Gasteiger partial charge in [0.1, 0.15) is 5.82 Å². The number of benzene rings is 1. The third-order valence-corrected chi connectivity index (χ3v) is 4.32. The van der Waals surface area contributed by atoms with Crippen molar-refractivity contribution < 1.29 is 4.79 Å². The Morgan fingerprint density at radius 1 is 1.05 bits per heavy atom. The summed E-state index contributed by atoms with van der Waals surface area (Å²) in [4.78, 5) is 15.8. The van der Waals surface area contributed by atoms with Gasteiger partial charge in [-0.25, -0.2) is 4.98 Å². The number of carbonyl (C=O) groups excluding carboxylic acids is 1. The van der Waals surface area contributed by atoms with Crippen LogP contribution in [0, 0.1) is 0 Å². The van der Waals surface area contributed by atoms with Crippen LogP contribution in [0.25, 0.3) is 11.1 Å². The van der Waals surface area contributed by atoms with Crippen molar-refractivity contribution >= 4 is 11.7 Å². The standard InChI is InChI=1S/C17H17N3O/c21-16-4-3-15-14(6-8-19-17(15)20-16)12-2-1-11-5-7-18-10-13(11)9-12/h1-2,6,8-9,18H,3-5,7,10H2,(H,19,20,21). The summed E-state index contributed by atoms with van der Waals surface area (Å²) in [5, 5.41) is 6.29. The van der Waals surface area contributed by atoms with Crippen LogP contribution in [0.3, 0.4) is 0 Å². The highest BCUT2D eigenvalue weighted by Gasteiger charge is 2.20. The van der Waals surface area contributed by atoms with E-state index in [-0.39, 0.29) is 5.91 Å². The maximum atomic E-state index is 11.5. The lowest BCUT2D eigenvalue weighted by molar-refractivity contribution is -0.116. The van der Waals surface area contributed by atoms with Crippen molar-refractivity contribution in [2.24, 2.45) is 0 Å². The van der Waals surface area contributed by atoms with Gasteiger partial charge in [-0.1, -0.05) is 12.1 Å². The SMILES string of the molecule is O=C1CCc2c(-c3ccc4c(c3)CNCC4)ccnc2N1. The number of amides is 1. The molecule has 0 fully saturated rings. The third kappa shape index (κ3) is 2.21. The number of fused-ring (bicyclic) bond motifs is 2. The van der Waals surface area contributed by atoms with Crippen molar-refractivity contribution in [3.8, 4) is 11.1 Å². The van der Waals surface area contributed by atoms with Crippen LogP contribution in [0.15, 0.2) is 30.5 Å². The van der Waals surface area contributed by atoms with E-state index in [0.29, 0.717) is 6.42 Å². The molecule has 1 amide bonds. The van der Waals surface area contributed by atoms with Crippen molar-refractivity contribution in [3.05, 3.63) is 47.2 Å². The van der Waals surface area contributed by atoms with E-state index in [1.807, 2.05) is 6.07 Å². The van der Waals surface area contributed by atoms with Crippen LogP contribution in [0.1, 0.15) is 23.1 Å². The van der Waals surface area contributed by atoms with Gasteiger partial charge in [0.05, 0.1) is 0 Å². The van der Waals surface area contributed by atoms with Crippen LogP contribution < -0.4 is 10.6 Å². The summed E-state index contributed by atoms with van der Waals surface area (Å²) in [6.07, 6.45) is 4.18. The Morgan fingerprint density at radius 2 is 2.00 bits per heavy atom. The summed E-state index contributed by atoms with van der Waals surface area (Å²) in [5.41, 5.74) is 6.37. The average molecular weight is 279 g/mol. The Kier molecular flexibility index (Phi) is 2.97. The van der Waals surface area contributed by atoms with E-state index in [2.05, 4.69) is 33.8 Å². The Balaban J connectivity index is 1.80. The van der Waals surface area contributed by atoms with Crippen molar-refractivity contribution in [2.75, 3.05) is 11.9 Å². The summed E-state index contributed by atoms with van der Waals surface area (Å²) in [6.45, 7) is 2.00. The van der Waals surface area contributed by atoms with Crippen molar-refractivity contribution in [1.82, 2.24) is 10.3 Å². The third-order valence-electron chi connectivity index (χ3n) is 4.32. The highest BCUT2D eigenvalue weighted by atomic mass is 16.1. The van der Waals surface area contributed by atoms with Gasteiger partial charge in [-0.3, -0.25) is 4.79 Å². The van der Waals surface area contributed by atoms with Crippen molar-refractivity contribution in [2.45, 2.75) is 25.8 Å².